The topological polar surface area (TPSA) is 84.9 Å². The Kier molecular flexibility index (Phi) is 6.77. The Morgan fingerprint density at radius 1 is 1.16 bits per heavy atom. The van der Waals surface area contributed by atoms with Gasteiger partial charge in [0.25, 0.3) is 11.8 Å². The summed E-state index contributed by atoms with van der Waals surface area (Å²) in [6.45, 7) is 5.82. The van der Waals surface area contributed by atoms with Crippen molar-refractivity contribution in [1.29, 1.82) is 0 Å². The highest BCUT2D eigenvalue weighted by atomic mass is 35.5. The number of hydrogen-bond acceptors (Lipinski definition) is 5. The summed E-state index contributed by atoms with van der Waals surface area (Å²) < 4.78 is 10.8. The van der Waals surface area contributed by atoms with E-state index in [1.807, 2.05) is 19.1 Å². The zero-order chi connectivity index (χ0) is 22.5. The van der Waals surface area contributed by atoms with Gasteiger partial charge in [0.05, 0.1) is 17.8 Å². The van der Waals surface area contributed by atoms with Gasteiger partial charge < -0.3 is 9.47 Å². The maximum absolute atomic E-state index is 13.0. The van der Waals surface area contributed by atoms with E-state index < -0.39 is 17.8 Å². The number of rotatable bonds is 7. The minimum Gasteiger partial charge on any atom is -0.493 e. The van der Waals surface area contributed by atoms with E-state index in [0.717, 1.165) is 16.9 Å². The number of methoxy groups -OCH3 is 1. The first-order valence-electron chi connectivity index (χ1n) is 9.51. The van der Waals surface area contributed by atoms with Crippen molar-refractivity contribution in [3.05, 3.63) is 70.8 Å². The lowest BCUT2D eigenvalue weighted by atomic mass is 10.1. The van der Waals surface area contributed by atoms with Crippen LogP contribution in [-0.4, -0.2) is 31.6 Å². The second-order valence-electron chi connectivity index (χ2n) is 6.61. The molecule has 7 nitrogen and oxygen atoms in total. The summed E-state index contributed by atoms with van der Waals surface area (Å²) in [5, 5.41) is 2.43. The lowest BCUT2D eigenvalue weighted by Gasteiger charge is -2.26. The van der Waals surface area contributed by atoms with Gasteiger partial charge in [0, 0.05) is 0 Å². The van der Waals surface area contributed by atoms with E-state index in [-0.39, 0.29) is 17.2 Å². The minimum atomic E-state index is -0.805. The van der Waals surface area contributed by atoms with Gasteiger partial charge in [0.1, 0.15) is 12.2 Å². The lowest BCUT2D eigenvalue weighted by Crippen LogP contribution is -2.54. The lowest BCUT2D eigenvalue weighted by molar-refractivity contribution is -0.122. The number of benzene rings is 2. The third-order valence-electron chi connectivity index (χ3n) is 4.61. The normalized spacial score (nSPS) is 15.1. The Labute approximate surface area is 184 Å². The van der Waals surface area contributed by atoms with Gasteiger partial charge in [0.2, 0.25) is 0 Å². The molecule has 1 saturated heterocycles. The van der Waals surface area contributed by atoms with Crippen LogP contribution in [0.3, 0.4) is 0 Å². The molecule has 0 radical (unpaired) electrons. The van der Waals surface area contributed by atoms with Gasteiger partial charge in [-0.05, 0) is 47.9 Å². The van der Waals surface area contributed by atoms with Gasteiger partial charge in [0.15, 0.2) is 11.5 Å². The minimum absolute atomic E-state index is 0.211. The maximum Gasteiger partial charge on any atom is 0.335 e. The zero-order valence-corrected chi connectivity index (χ0v) is 17.9. The number of carbonyl (C=O) groups is 3. The summed E-state index contributed by atoms with van der Waals surface area (Å²) in [6.07, 6.45) is 3.73. The maximum atomic E-state index is 13.0. The third-order valence-corrected chi connectivity index (χ3v) is 4.89. The standard InChI is InChI=1S/C23H21ClN2O5/c1-4-10-31-20-18(24)12-15(13-19(20)30-3)11-17-21(27)25-23(29)26(22(17)28)16-8-6-14(5-2)7-9-16/h4,6-9,11-13H,1,5,10H2,2-3H3,(H,25,27,29). The summed E-state index contributed by atoms with van der Waals surface area (Å²) in [4.78, 5) is 38.7. The van der Waals surface area contributed by atoms with Crippen LogP contribution < -0.4 is 19.7 Å². The molecule has 0 bridgehead atoms. The van der Waals surface area contributed by atoms with Crippen LogP contribution >= 0.6 is 11.6 Å². The summed E-state index contributed by atoms with van der Waals surface area (Å²) in [5.41, 5.74) is 1.64. The zero-order valence-electron chi connectivity index (χ0n) is 17.1. The van der Waals surface area contributed by atoms with Crippen LogP contribution in [0.5, 0.6) is 11.5 Å². The van der Waals surface area contributed by atoms with Crippen LogP contribution in [0.2, 0.25) is 5.02 Å². The molecule has 2 aromatic rings. The SMILES string of the molecule is C=CCOc1c(Cl)cc(C=C2C(=O)NC(=O)N(c3ccc(CC)cc3)C2=O)cc1OC. The second kappa shape index (κ2) is 9.49. The molecular formula is C23H21ClN2O5. The molecule has 0 aromatic heterocycles. The molecule has 0 aliphatic carbocycles. The molecule has 0 spiro atoms. The van der Waals surface area contributed by atoms with Crippen molar-refractivity contribution in [3.63, 3.8) is 0 Å². The number of aryl methyl sites for hydroxylation is 1. The van der Waals surface area contributed by atoms with Crippen molar-refractivity contribution in [1.82, 2.24) is 5.32 Å². The van der Waals surface area contributed by atoms with E-state index >= 15 is 0 Å². The Hall–Kier alpha value is -3.58. The van der Waals surface area contributed by atoms with Gasteiger partial charge in [-0.3, -0.25) is 14.9 Å². The number of nitrogens with zero attached hydrogens (tertiary/aromatic N) is 1. The number of hydrogen-bond donors (Lipinski definition) is 1. The number of ether oxygens (including phenoxy) is 2. The molecule has 1 heterocycles. The molecule has 4 amide bonds. The van der Waals surface area contributed by atoms with Gasteiger partial charge >= 0.3 is 6.03 Å². The first kappa shape index (κ1) is 22.1. The van der Waals surface area contributed by atoms with E-state index in [1.165, 1.54) is 19.3 Å². The first-order valence-corrected chi connectivity index (χ1v) is 9.89. The van der Waals surface area contributed by atoms with E-state index in [1.54, 1.807) is 24.3 Å². The van der Waals surface area contributed by atoms with Crippen LogP contribution in [0.4, 0.5) is 10.5 Å². The average Bonchev–Trinajstić information content (AvgIpc) is 2.76. The van der Waals surface area contributed by atoms with Crippen molar-refractivity contribution in [2.45, 2.75) is 13.3 Å². The number of urea groups is 1. The molecule has 2 aromatic carbocycles. The van der Waals surface area contributed by atoms with E-state index in [0.29, 0.717) is 22.7 Å². The van der Waals surface area contributed by atoms with Gasteiger partial charge in [-0.25, -0.2) is 9.69 Å². The van der Waals surface area contributed by atoms with Gasteiger partial charge in [-0.15, -0.1) is 0 Å². The Balaban J connectivity index is 1.99. The van der Waals surface area contributed by atoms with Crippen molar-refractivity contribution < 1.29 is 23.9 Å². The fraction of sp³-hybridized carbons (Fsp3) is 0.174. The summed E-state index contributed by atoms with van der Waals surface area (Å²) in [7, 11) is 1.45. The van der Waals surface area contributed by atoms with E-state index in [4.69, 9.17) is 21.1 Å². The second-order valence-corrected chi connectivity index (χ2v) is 7.02. The van der Waals surface area contributed by atoms with Gasteiger partial charge in [-0.1, -0.05) is 43.3 Å². The number of amides is 4. The van der Waals surface area contributed by atoms with Gasteiger partial charge in [-0.2, -0.15) is 0 Å². The van der Waals surface area contributed by atoms with Crippen LogP contribution in [0.25, 0.3) is 6.08 Å². The molecule has 1 N–H and O–H groups in total. The largest absolute Gasteiger partial charge is 0.493 e. The van der Waals surface area contributed by atoms with E-state index in [9.17, 15) is 14.4 Å². The molecule has 31 heavy (non-hydrogen) atoms. The smallest absolute Gasteiger partial charge is 0.335 e. The van der Waals surface area contributed by atoms with Crippen molar-refractivity contribution >= 4 is 41.2 Å². The fourth-order valence-corrected chi connectivity index (χ4v) is 3.32. The molecule has 0 unspecified atom stereocenters. The molecule has 1 aliphatic heterocycles. The summed E-state index contributed by atoms with van der Waals surface area (Å²) >= 11 is 6.30. The molecule has 1 fully saturated rings. The molecule has 8 heteroatoms. The quantitative estimate of drug-likeness (QED) is 0.397. The van der Waals surface area contributed by atoms with Crippen LogP contribution in [0.15, 0.2) is 54.6 Å². The number of nitrogens with one attached hydrogen (secondary N) is 1. The molecular weight excluding hydrogens is 420 g/mol. The number of imide groups is 2. The van der Waals surface area contributed by atoms with E-state index in [2.05, 4.69) is 11.9 Å². The molecule has 160 valence electrons. The number of anilines is 1. The van der Waals surface area contributed by atoms with Crippen molar-refractivity contribution in [3.8, 4) is 11.5 Å². The fourth-order valence-electron chi connectivity index (χ4n) is 3.04. The molecule has 0 saturated carbocycles. The van der Waals surface area contributed by atoms with Crippen LogP contribution in [-0.2, 0) is 16.0 Å². The van der Waals surface area contributed by atoms with Crippen molar-refractivity contribution in [2.24, 2.45) is 0 Å². The summed E-state index contributed by atoms with van der Waals surface area (Å²) in [6, 6.07) is 9.27. The highest BCUT2D eigenvalue weighted by molar-refractivity contribution is 6.39. The van der Waals surface area contributed by atoms with Crippen LogP contribution in [0, 0.1) is 0 Å². The number of carbonyl (C=O) groups excluding carboxylic acids is 3. The van der Waals surface area contributed by atoms with Crippen LogP contribution in [0.1, 0.15) is 18.1 Å². The number of halogens is 1. The van der Waals surface area contributed by atoms with Crippen molar-refractivity contribution in [2.75, 3.05) is 18.6 Å². The Bertz CT molecular complexity index is 1080. The third kappa shape index (κ3) is 4.62. The average molecular weight is 441 g/mol. The first-order chi connectivity index (χ1) is 14.9. The molecule has 0 atom stereocenters. The Morgan fingerprint density at radius 3 is 2.48 bits per heavy atom. The number of barbiturate groups is 1. The predicted molar refractivity (Wildman–Crippen MR) is 119 cm³/mol. The predicted octanol–water partition coefficient (Wildman–Crippen LogP) is 4.14. The summed E-state index contributed by atoms with van der Waals surface area (Å²) in [5.74, 6) is -0.884. The highest BCUT2D eigenvalue weighted by Crippen LogP contribution is 2.37. The Morgan fingerprint density at radius 2 is 1.87 bits per heavy atom. The highest BCUT2D eigenvalue weighted by Gasteiger charge is 2.36. The molecule has 1 aliphatic rings. The molecule has 3 rings (SSSR count). The monoisotopic (exact) mass is 440 g/mol.